The quantitative estimate of drug-likeness (QED) is 0.479. The maximum Gasteiger partial charge on any atom is 0.248 e. The van der Waals surface area contributed by atoms with Crippen LogP contribution in [0.5, 0.6) is 0 Å². The number of anilines is 1. The lowest BCUT2D eigenvalue weighted by molar-refractivity contribution is -0.142. The van der Waals surface area contributed by atoms with Crippen molar-refractivity contribution in [1.29, 1.82) is 0 Å². The van der Waals surface area contributed by atoms with Crippen molar-refractivity contribution in [2.45, 2.75) is 69.2 Å². The molecule has 3 aliphatic rings. The van der Waals surface area contributed by atoms with E-state index >= 15 is 0 Å². The van der Waals surface area contributed by atoms with Crippen LogP contribution in [0.1, 0.15) is 43.4 Å². The van der Waals surface area contributed by atoms with Crippen molar-refractivity contribution < 1.29 is 19.5 Å². The molecule has 2 aromatic rings. The summed E-state index contributed by atoms with van der Waals surface area (Å²) in [5, 5.41) is 16.4. The lowest BCUT2D eigenvalue weighted by atomic mass is 9.66. The number of aliphatic hydroxyl groups excluding tert-OH is 1. The van der Waals surface area contributed by atoms with E-state index in [-0.39, 0.29) is 35.5 Å². The first-order chi connectivity index (χ1) is 18.2. The minimum Gasteiger partial charge on any atom is -0.394 e. The summed E-state index contributed by atoms with van der Waals surface area (Å²) in [4.78, 5) is 43.6. The van der Waals surface area contributed by atoms with Gasteiger partial charge < -0.3 is 20.6 Å². The van der Waals surface area contributed by atoms with Crippen LogP contribution in [0.4, 0.5) is 5.69 Å². The van der Waals surface area contributed by atoms with E-state index in [1.807, 2.05) is 69.3 Å². The minimum absolute atomic E-state index is 0.0258. The number of rotatable bonds is 8. The van der Waals surface area contributed by atoms with E-state index in [1.165, 1.54) is 0 Å². The number of thioether (sulfide) groups is 1. The molecule has 202 valence electrons. The van der Waals surface area contributed by atoms with Gasteiger partial charge in [0.25, 0.3) is 0 Å². The molecule has 1 spiro atoms. The van der Waals surface area contributed by atoms with Crippen LogP contribution in [0.15, 0.2) is 48.5 Å². The molecule has 8 heteroatoms. The molecule has 7 nitrogen and oxygen atoms in total. The number of hydrogen-bond acceptors (Lipinski definition) is 5. The SMILES string of the molecule is CC[C@@H](CO)N1C(=O)[C@@H]2[C@H](C(=O)NCc3ccccc3)[C@@H]3CC(C)C2(S3)C1C(=O)Nc1cc(C)ccc1C. The molecule has 0 radical (unpaired) electrons. The first kappa shape index (κ1) is 26.8. The maximum atomic E-state index is 14.2. The van der Waals surface area contributed by atoms with Crippen LogP contribution in [0.3, 0.4) is 0 Å². The van der Waals surface area contributed by atoms with Gasteiger partial charge in [0.2, 0.25) is 17.7 Å². The van der Waals surface area contributed by atoms with Crippen LogP contribution < -0.4 is 10.6 Å². The largest absolute Gasteiger partial charge is 0.394 e. The van der Waals surface area contributed by atoms with Crippen LogP contribution in [0.2, 0.25) is 0 Å². The standard InChI is InChI=1S/C30H37N3O4S/c1-5-21(16-34)33-26(28(36)32-22-13-17(2)11-12-18(22)3)30-19(4)14-23(38-30)24(25(30)29(33)37)27(35)31-15-20-9-7-6-8-10-20/h6-13,19,21,23-26,34H,5,14-16H2,1-4H3,(H,31,35)(H,32,36)/t19?,21-,23-,24+,25-,26?,30?/m0/s1. The first-order valence-corrected chi connectivity index (χ1v) is 14.4. The number of fused-ring (bicyclic) bond motifs is 1. The molecule has 0 aliphatic carbocycles. The molecule has 3 aliphatic heterocycles. The summed E-state index contributed by atoms with van der Waals surface area (Å²) in [6, 6.07) is 14.4. The van der Waals surface area contributed by atoms with E-state index < -0.39 is 28.7 Å². The number of amides is 3. The molecule has 0 aromatic heterocycles. The van der Waals surface area contributed by atoms with Crippen molar-refractivity contribution in [3.63, 3.8) is 0 Å². The summed E-state index contributed by atoms with van der Waals surface area (Å²) < 4.78 is -0.721. The van der Waals surface area contributed by atoms with Gasteiger partial charge in [-0.3, -0.25) is 14.4 Å². The predicted molar refractivity (Wildman–Crippen MR) is 150 cm³/mol. The Bertz CT molecular complexity index is 1230. The first-order valence-electron chi connectivity index (χ1n) is 13.5. The summed E-state index contributed by atoms with van der Waals surface area (Å²) in [6.45, 7) is 8.10. The van der Waals surface area contributed by atoms with Gasteiger partial charge in [-0.05, 0) is 55.4 Å². The monoisotopic (exact) mass is 535 g/mol. The van der Waals surface area contributed by atoms with Gasteiger partial charge in [-0.1, -0.05) is 56.3 Å². The molecule has 3 heterocycles. The predicted octanol–water partition coefficient (Wildman–Crippen LogP) is 3.67. The van der Waals surface area contributed by atoms with Gasteiger partial charge in [-0.25, -0.2) is 0 Å². The number of nitrogens with zero attached hydrogens (tertiary/aromatic N) is 1. The number of aryl methyl sites for hydroxylation is 2. The van der Waals surface area contributed by atoms with E-state index in [0.29, 0.717) is 13.0 Å². The van der Waals surface area contributed by atoms with Crippen LogP contribution in [-0.2, 0) is 20.9 Å². The maximum absolute atomic E-state index is 14.2. The zero-order valence-electron chi connectivity index (χ0n) is 22.4. The normalized spacial score (nSPS) is 30.3. The van der Waals surface area contributed by atoms with E-state index in [4.69, 9.17) is 0 Å². The van der Waals surface area contributed by atoms with Gasteiger partial charge >= 0.3 is 0 Å². The Morgan fingerprint density at radius 3 is 2.58 bits per heavy atom. The molecule has 5 rings (SSSR count). The third kappa shape index (κ3) is 4.22. The fraction of sp³-hybridized carbons (Fsp3) is 0.500. The number of nitrogens with one attached hydrogen (secondary N) is 2. The third-order valence-corrected chi connectivity index (χ3v) is 10.8. The highest BCUT2D eigenvalue weighted by Gasteiger charge is 2.76. The van der Waals surface area contributed by atoms with Gasteiger partial charge in [0.05, 0.1) is 29.2 Å². The Labute approximate surface area is 228 Å². The number of aliphatic hydroxyl groups is 1. The number of likely N-dealkylation sites (tertiary alicyclic amines) is 1. The fourth-order valence-electron chi connectivity index (χ4n) is 6.84. The average molecular weight is 536 g/mol. The lowest BCUT2D eigenvalue weighted by Gasteiger charge is -2.40. The highest BCUT2D eigenvalue weighted by atomic mass is 32.2. The Morgan fingerprint density at radius 1 is 1.16 bits per heavy atom. The molecular weight excluding hydrogens is 498 g/mol. The summed E-state index contributed by atoms with van der Waals surface area (Å²) >= 11 is 1.65. The van der Waals surface area contributed by atoms with Crippen molar-refractivity contribution in [2.75, 3.05) is 11.9 Å². The van der Waals surface area contributed by atoms with Crippen molar-refractivity contribution in [2.24, 2.45) is 17.8 Å². The molecule has 3 unspecified atom stereocenters. The molecular formula is C30H37N3O4S. The summed E-state index contributed by atoms with van der Waals surface area (Å²) in [5.74, 6) is -1.61. The highest BCUT2D eigenvalue weighted by molar-refractivity contribution is 8.02. The zero-order valence-corrected chi connectivity index (χ0v) is 23.3. The average Bonchev–Trinajstić information content (AvgIpc) is 3.50. The number of carbonyl (C=O) groups excluding carboxylic acids is 3. The molecule has 38 heavy (non-hydrogen) atoms. The Hall–Kier alpha value is -2.84. The molecule has 7 atom stereocenters. The van der Waals surface area contributed by atoms with Crippen LogP contribution in [0, 0.1) is 31.6 Å². The third-order valence-electron chi connectivity index (χ3n) is 8.77. The van der Waals surface area contributed by atoms with Gasteiger partial charge in [0.1, 0.15) is 6.04 Å². The Morgan fingerprint density at radius 2 is 1.89 bits per heavy atom. The van der Waals surface area contributed by atoms with Crippen LogP contribution in [-0.4, -0.2) is 56.4 Å². The van der Waals surface area contributed by atoms with Gasteiger partial charge in [-0.15, -0.1) is 11.8 Å². The van der Waals surface area contributed by atoms with Crippen LogP contribution in [0.25, 0.3) is 0 Å². The van der Waals surface area contributed by atoms with Gasteiger partial charge in [-0.2, -0.15) is 0 Å². The Balaban J connectivity index is 1.50. The van der Waals surface area contributed by atoms with Gasteiger partial charge in [0.15, 0.2) is 0 Å². The molecule has 2 bridgehead atoms. The van der Waals surface area contributed by atoms with E-state index in [1.54, 1.807) is 16.7 Å². The molecule has 2 aromatic carbocycles. The van der Waals surface area contributed by atoms with Crippen molar-refractivity contribution in [1.82, 2.24) is 10.2 Å². The second-order valence-electron chi connectivity index (χ2n) is 11.1. The molecule has 3 fully saturated rings. The van der Waals surface area contributed by atoms with Crippen molar-refractivity contribution in [3.05, 3.63) is 65.2 Å². The molecule has 0 saturated carbocycles. The fourth-order valence-corrected chi connectivity index (χ4v) is 9.25. The van der Waals surface area contributed by atoms with Crippen molar-refractivity contribution in [3.8, 4) is 0 Å². The Kier molecular flexibility index (Phi) is 7.31. The second-order valence-corrected chi connectivity index (χ2v) is 12.6. The summed E-state index contributed by atoms with van der Waals surface area (Å²) in [7, 11) is 0. The van der Waals surface area contributed by atoms with E-state index in [2.05, 4.69) is 17.6 Å². The lowest BCUT2D eigenvalue weighted by Crippen LogP contribution is -2.57. The molecule has 3 amide bonds. The number of carbonyl (C=O) groups is 3. The topological polar surface area (TPSA) is 98.7 Å². The minimum atomic E-state index is -0.770. The number of hydrogen-bond donors (Lipinski definition) is 3. The van der Waals surface area contributed by atoms with Gasteiger partial charge in [0, 0.05) is 17.5 Å². The smallest absolute Gasteiger partial charge is 0.248 e. The van der Waals surface area contributed by atoms with E-state index in [0.717, 1.165) is 28.8 Å². The number of benzene rings is 2. The van der Waals surface area contributed by atoms with Crippen LogP contribution >= 0.6 is 11.8 Å². The molecule has 3 saturated heterocycles. The summed E-state index contributed by atoms with van der Waals surface area (Å²) in [6.07, 6.45) is 1.29. The van der Waals surface area contributed by atoms with E-state index in [9.17, 15) is 19.5 Å². The summed E-state index contributed by atoms with van der Waals surface area (Å²) in [5.41, 5.74) is 3.69. The molecule has 3 N–H and O–H groups in total. The van der Waals surface area contributed by atoms with Crippen molar-refractivity contribution >= 4 is 35.2 Å². The second kappa shape index (κ2) is 10.4. The zero-order chi connectivity index (χ0) is 27.2. The highest BCUT2D eigenvalue weighted by Crippen LogP contribution is 2.68.